The normalized spacial score (nSPS) is 17.7. The third-order valence-corrected chi connectivity index (χ3v) is 6.82. The van der Waals surface area contributed by atoms with Crippen LogP contribution in [0, 0.1) is 5.92 Å². The number of anilines is 1. The molecule has 0 spiro atoms. The van der Waals surface area contributed by atoms with E-state index in [4.69, 9.17) is 11.6 Å². The van der Waals surface area contributed by atoms with Crippen LogP contribution in [0.2, 0.25) is 5.15 Å². The average molecular weight is 431 g/mol. The van der Waals surface area contributed by atoms with Crippen molar-refractivity contribution in [3.63, 3.8) is 0 Å². The monoisotopic (exact) mass is 430 g/mol. The van der Waals surface area contributed by atoms with Crippen LogP contribution in [0.5, 0.6) is 0 Å². The standard InChI is InChI=1S/C22H27ClN4OS/c1-16-7-11-27(12-8-16)21(28)18-6-4-5-17(13-18)15-29-22-24-19(23)14-20(25-22)26-9-2-3-10-26/h4-6,13-14,16H,2-3,7-12,15H2,1H3. The Morgan fingerprint density at radius 1 is 1.14 bits per heavy atom. The summed E-state index contributed by atoms with van der Waals surface area (Å²) in [6.07, 6.45) is 4.57. The zero-order chi connectivity index (χ0) is 20.2. The first kappa shape index (κ1) is 20.5. The summed E-state index contributed by atoms with van der Waals surface area (Å²) in [6, 6.07) is 9.77. The number of hydrogen-bond donors (Lipinski definition) is 0. The number of rotatable bonds is 5. The highest BCUT2D eigenvalue weighted by atomic mass is 35.5. The van der Waals surface area contributed by atoms with Crippen molar-refractivity contribution >= 4 is 35.1 Å². The summed E-state index contributed by atoms with van der Waals surface area (Å²) < 4.78 is 0. The van der Waals surface area contributed by atoms with Gasteiger partial charge >= 0.3 is 0 Å². The molecule has 7 heteroatoms. The van der Waals surface area contributed by atoms with E-state index in [-0.39, 0.29) is 5.91 Å². The molecule has 2 aliphatic rings. The Bertz CT molecular complexity index is 864. The quantitative estimate of drug-likeness (QED) is 0.383. The van der Waals surface area contributed by atoms with Crippen LogP contribution in [0.4, 0.5) is 5.82 Å². The minimum atomic E-state index is 0.138. The zero-order valence-corrected chi connectivity index (χ0v) is 18.4. The van der Waals surface area contributed by atoms with E-state index in [9.17, 15) is 4.79 Å². The number of hydrogen-bond acceptors (Lipinski definition) is 5. The molecule has 1 aromatic heterocycles. The lowest BCUT2D eigenvalue weighted by Gasteiger charge is -2.30. The number of thioether (sulfide) groups is 1. The summed E-state index contributed by atoms with van der Waals surface area (Å²) in [4.78, 5) is 26.1. The Balaban J connectivity index is 1.41. The molecule has 2 saturated heterocycles. The van der Waals surface area contributed by atoms with E-state index in [1.165, 1.54) is 12.8 Å². The lowest BCUT2D eigenvalue weighted by molar-refractivity contribution is 0.0697. The molecule has 154 valence electrons. The van der Waals surface area contributed by atoms with E-state index < -0.39 is 0 Å². The van der Waals surface area contributed by atoms with Gasteiger partial charge in [0.05, 0.1) is 0 Å². The molecular formula is C22H27ClN4OS. The van der Waals surface area contributed by atoms with Crippen LogP contribution in [0.1, 0.15) is 48.5 Å². The first-order chi connectivity index (χ1) is 14.1. The summed E-state index contributed by atoms with van der Waals surface area (Å²) in [6.45, 7) is 6.02. The first-order valence-corrected chi connectivity index (χ1v) is 11.8. The van der Waals surface area contributed by atoms with Crippen LogP contribution >= 0.6 is 23.4 Å². The third-order valence-electron chi connectivity index (χ3n) is 5.70. The molecule has 0 radical (unpaired) electrons. The molecule has 29 heavy (non-hydrogen) atoms. The van der Waals surface area contributed by atoms with Crippen molar-refractivity contribution < 1.29 is 4.79 Å². The van der Waals surface area contributed by atoms with Crippen molar-refractivity contribution in [1.29, 1.82) is 0 Å². The molecule has 2 aliphatic heterocycles. The van der Waals surface area contributed by atoms with E-state index in [0.717, 1.165) is 56.0 Å². The van der Waals surface area contributed by atoms with Crippen LogP contribution in [-0.4, -0.2) is 47.0 Å². The molecule has 0 aliphatic carbocycles. The number of nitrogens with zero attached hydrogens (tertiary/aromatic N) is 4. The summed E-state index contributed by atoms with van der Waals surface area (Å²) in [5, 5.41) is 1.16. The van der Waals surface area contributed by atoms with Gasteiger partial charge < -0.3 is 9.80 Å². The van der Waals surface area contributed by atoms with E-state index in [1.54, 1.807) is 11.8 Å². The molecule has 4 rings (SSSR count). The van der Waals surface area contributed by atoms with Crippen LogP contribution in [0.25, 0.3) is 0 Å². The molecule has 1 amide bonds. The second-order valence-corrected chi connectivity index (χ2v) is 9.32. The highest BCUT2D eigenvalue weighted by molar-refractivity contribution is 7.98. The number of amides is 1. The molecule has 0 unspecified atom stereocenters. The van der Waals surface area contributed by atoms with Crippen molar-refractivity contribution in [2.75, 3.05) is 31.1 Å². The highest BCUT2D eigenvalue weighted by Gasteiger charge is 2.21. The van der Waals surface area contributed by atoms with Gasteiger partial charge in [-0.1, -0.05) is 42.4 Å². The number of aromatic nitrogens is 2. The fourth-order valence-electron chi connectivity index (χ4n) is 3.89. The predicted octanol–water partition coefficient (Wildman–Crippen LogP) is 4.89. The number of halogens is 1. The van der Waals surface area contributed by atoms with Gasteiger partial charge in [0.2, 0.25) is 0 Å². The first-order valence-electron chi connectivity index (χ1n) is 10.4. The van der Waals surface area contributed by atoms with Gasteiger partial charge in [-0.2, -0.15) is 0 Å². The number of likely N-dealkylation sites (tertiary alicyclic amines) is 1. The smallest absolute Gasteiger partial charge is 0.253 e. The maximum absolute atomic E-state index is 12.8. The third kappa shape index (κ3) is 5.23. The predicted molar refractivity (Wildman–Crippen MR) is 119 cm³/mol. The fraction of sp³-hybridized carbons (Fsp3) is 0.500. The highest BCUT2D eigenvalue weighted by Crippen LogP contribution is 2.27. The molecule has 2 aromatic rings. The Kier molecular flexibility index (Phi) is 6.60. The van der Waals surface area contributed by atoms with Crippen molar-refractivity contribution in [2.24, 2.45) is 5.92 Å². The molecule has 0 N–H and O–H groups in total. The van der Waals surface area contributed by atoms with Gasteiger partial charge in [-0.25, -0.2) is 9.97 Å². The SMILES string of the molecule is CC1CCN(C(=O)c2cccc(CSc3nc(Cl)cc(N4CCCC4)n3)c2)CC1. The van der Waals surface area contributed by atoms with Gasteiger partial charge in [0.25, 0.3) is 5.91 Å². The molecule has 0 atom stereocenters. The van der Waals surface area contributed by atoms with Crippen molar-refractivity contribution in [3.05, 3.63) is 46.6 Å². The summed E-state index contributed by atoms with van der Waals surface area (Å²) in [7, 11) is 0. The Labute approximate surface area is 181 Å². The van der Waals surface area contributed by atoms with E-state index >= 15 is 0 Å². The lowest BCUT2D eigenvalue weighted by atomic mass is 9.98. The molecule has 5 nitrogen and oxygen atoms in total. The fourth-order valence-corrected chi connectivity index (χ4v) is 4.92. The van der Waals surface area contributed by atoms with E-state index in [1.807, 2.05) is 35.2 Å². The van der Waals surface area contributed by atoms with Gasteiger partial charge in [-0.15, -0.1) is 0 Å². The molecule has 2 fully saturated rings. The van der Waals surface area contributed by atoms with Crippen LogP contribution < -0.4 is 4.90 Å². The van der Waals surface area contributed by atoms with Gasteiger partial charge in [-0.3, -0.25) is 4.79 Å². The number of carbonyl (C=O) groups is 1. The average Bonchev–Trinajstić information content (AvgIpc) is 3.27. The van der Waals surface area contributed by atoms with Crippen LogP contribution in [-0.2, 0) is 5.75 Å². The summed E-state index contributed by atoms with van der Waals surface area (Å²) in [5.41, 5.74) is 1.86. The second-order valence-electron chi connectivity index (χ2n) is 7.99. The molecule has 1 aromatic carbocycles. The molecular weight excluding hydrogens is 404 g/mol. The number of carbonyl (C=O) groups excluding carboxylic acids is 1. The lowest BCUT2D eigenvalue weighted by Crippen LogP contribution is -2.37. The number of piperidine rings is 1. The van der Waals surface area contributed by atoms with Crippen molar-refractivity contribution in [3.8, 4) is 0 Å². The topological polar surface area (TPSA) is 49.3 Å². The van der Waals surface area contributed by atoms with Gasteiger partial charge in [0.15, 0.2) is 5.16 Å². The largest absolute Gasteiger partial charge is 0.356 e. The van der Waals surface area contributed by atoms with Crippen LogP contribution in [0.15, 0.2) is 35.5 Å². The van der Waals surface area contributed by atoms with Crippen molar-refractivity contribution in [2.45, 2.75) is 43.5 Å². The van der Waals surface area contributed by atoms with Crippen LogP contribution in [0.3, 0.4) is 0 Å². The molecule has 0 bridgehead atoms. The minimum absolute atomic E-state index is 0.138. The Morgan fingerprint density at radius 3 is 2.66 bits per heavy atom. The maximum atomic E-state index is 12.8. The summed E-state index contributed by atoms with van der Waals surface area (Å²) >= 11 is 7.79. The molecule has 3 heterocycles. The zero-order valence-electron chi connectivity index (χ0n) is 16.8. The minimum Gasteiger partial charge on any atom is -0.356 e. The second kappa shape index (κ2) is 9.35. The van der Waals surface area contributed by atoms with E-state index in [0.29, 0.717) is 22.0 Å². The van der Waals surface area contributed by atoms with Crippen molar-refractivity contribution in [1.82, 2.24) is 14.9 Å². The van der Waals surface area contributed by atoms with Gasteiger partial charge in [-0.05, 0) is 49.3 Å². The Hall–Kier alpha value is -1.79. The molecule has 0 saturated carbocycles. The van der Waals surface area contributed by atoms with E-state index in [2.05, 4.69) is 21.8 Å². The number of benzene rings is 1. The van der Waals surface area contributed by atoms with Gasteiger partial charge in [0.1, 0.15) is 11.0 Å². The maximum Gasteiger partial charge on any atom is 0.253 e. The van der Waals surface area contributed by atoms with Gasteiger partial charge in [0, 0.05) is 43.6 Å². The summed E-state index contributed by atoms with van der Waals surface area (Å²) in [5.74, 6) is 2.47. The Morgan fingerprint density at radius 2 is 1.90 bits per heavy atom.